The molecular formula is C13H21N7O. The molecule has 8 nitrogen and oxygen atoms in total. The van der Waals surface area contributed by atoms with Crippen LogP contribution in [0.4, 0.5) is 11.6 Å². The lowest BCUT2D eigenvalue weighted by molar-refractivity contribution is 0.128. The molecule has 0 aliphatic rings. The summed E-state index contributed by atoms with van der Waals surface area (Å²) in [7, 11) is 3.76. The summed E-state index contributed by atoms with van der Waals surface area (Å²) in [6, 6.07) is 1.87. The minimum Gasteiger partial charge on any atom is -0.374 e. The van der Waals surface area contributed by atoms with Crippen LogP contribution in [0, 0.1) is 0 Å². The third-order valence-corrected chi connectivity index (χ3v) is 2.92. The first-order valence-corrected chi connectivity index (χ1v) is 6.93. The van der Waals surface area contributed by atoms with Crippen LogP contribution in [-0.4, -0.2) is 44.9 Å². The summed E-state index contributed by atoms with van der Waals surface area (Å²) in [6.45, 7) is 3.72. The lowest BCUT2D eigenvalue weighted by Crippen LogP contribution is -2.12. The highest BCUT2D eigenvalue weighted by Gasteiger charge is 2.05. The minimum absolute atomic E-state index is 0.407. The van der Waals surface area contributed by atoms with E-state index < -0.39 is 0 Å². The van der Waals surface area contributed by atoms with Gasteiger partial charge in [0.15, 0.2) is 5.82 Å². The van der Waals surface area contributed by atoms with E-state index >= 15 is 0 Å². The second kappa shape index (κ2) is 7.53. The molecule has 0 saturated carbocycles. The van der Waals surface area contributed by atoms with E-state index in [4.69, 9.17) is 4.74 Å². The largest absolute Gasteiger partial charge is 0.374 e. The molecule has 0 atom stereocenters. The van der Waals surface area contributed by atoms with Crippen LogP contribution in [0.1, 0.15) is 18.6 Å². The van der Waals surface area contributed by atoms with Crippen LogP contribution in [-0.2, 0) is 24.8 Å². The zero-order valence-corrected chi connectivity index (χ0v) is 12.6. The fraction of sp³-hybridized carbons (Fsp3) is 0.538. The predicted molar refractivity (Wildman–Crippen MR) is 80.1 cm³/mol. The van der Waals surface area contributed by atoms with Gasteiger partial charge in [-0.15, -0.1) is 10.2 Å². The molecule has 0 aliphatic carbocycles. The summed E-state index contributed by atoms with van der Waals surface area (Å²) in [5.41, 5.74) is 0. The van der Waals surface area contributed by atoms with E-state index in [1.54, 1.807) is 6.33 Å². The molecule has 0 fully saturated rings. The summed E-state index contributed by atoms with van der Waals surface area (Å²) in [4.78, 5) is 8.78. The van der Waals surface area contributed by atoms with Crippen molar-refractivity contribution in [1.29, 1.82) is 0 Å². The van der Waals surface area contributed by atoms with E-state index in [-0.39, 0.29) is 0 Å². The molecule has 2 aromatic heterocycles. The number of nitrogens with zero attached hydrogens (tertiary/aromatic N) is 5. The molecule has 0 amide bonds. The van der Waals surface area contributed by atoms with Crippen LogP contribution in [0.3, 0.4) is 0 Å². The highest BCUT2D eigenvalue weighted by Crippen LogP contribution is 2.11. The van der Waals surface area contributed by atoms with Gasteiger partial charge < -0.3 is 19.9 Å². The maximum absolute atomic E-state index is 5.35. The second-order valence-corrected chi connectivity index (χ2v) is 4.48. The van der Waals surface area contributed by atoms with Gasteiger partial charge in [0.2, 0.25) is 0 Å². The van der Waals surface area contributed by atoms with E-state index in [9.17, 15) is 0 Å². The van der Waals surface area contributed by atoms with Gasteiger partial charge in [-0.2, -0.15) is 0 Å². The zero-order valence-electron chi connectivity index (χ0n) is 12.6. The van der Waals surface area contributed by atoms with Crippen molar-refractivity contribution in [3.05, 3.63) is 24.0 Å². The van der Waals surface area contributed by atoms with Crippen molar-refractivity contribution in [3.8, 4) is 0 Å². The molecule has 2 rings (SSSR count). The SMILES string of the molecule is CCOCc1nc(NC)cc(NCCc2nncn2C)n1. The molecule has 2 N–H and O–H groups in total. The third-order valence-electron chi connectivity index (χ3n) is 2.92. The summed E-state index contributed by atoms with van der Waals surface area (Å²) in [5, 5.41) is 14.2. The topological polar surface area (TPSA) is 89.8 Å². The van der Waals surface area contributed by atoms with Crippen molar-refractivity contribution in [1.82, 2.24) is 24.7 Å². The fourth-order valence-corrected chi connectivity index (χ4v) is 1.81. The average molecular weight is 291 g/mol. The Balaban J connectivity index is 1.96. The van der Waals surface area contributed by atoms with Gasteiger partial charge in [0.1, 0.15) is 30.4 Å². The van der Waals surface area contributed by atoms with Crippen molar-refractivity contribution in [2.24, 2.45) is 7.05 Å². The second-order valence-electron chi connectivity index (χ2n) is 4.48. The molecule has 0 aromatic carbocycles. The number of aryl methyl sites for hydroxylation is 1. The molecule has 0 aliphatic heterocycles. The van der Waals surface area contributed by atoms with Crippen molar-refractivity contribution in [3.63, 3.8) is 0 Å². The van der Waals surface area contributed by atoms with E-state index in [2.05, 4.69) is 30.8 Å². The van der Waals surface area contributed by atoms with Gasteiger partial charge in [-0.05, 0) is 6.92 Å². The molecule has 8 heteroatoms. The number of hydrogen-bond acceptors (Lipinski definition) is 7. The van der Waals surface area contributed by atoms with Crippen LogP contribution in [0.5, 0.6) is 0 Å². The number of rotatable bonds is 8. The first kappa shape index (κ1) is 15.2. The normalized spacial score (nSPS) is 10.6. The third kappa shape index (κ3) is 4.38. The van der Waals surface area contributed by atoms with Crippen LogP contribution < -0.4 is 10.6 Å². The number of nitrogens with one attached hydrogen (secondary N) is 2. The molecule has 0 bridgehead atoms. The van der Waals surface area contributed by atoms with E-state index in [1.165, 1.54) is 0 Å². The first-order valence-electron chi connectivity index (χ1n) is 6.93. The number of anilines is 2. The van der Waals surface area contributed by atoms with Gasteiger partial charge in [0.25, 0.3) is 0 Å². The van der Waals surface area contributed by atoms with Crippen LogP contribution >= 0.6 is 0 Å². The van der Waals surface area contributed by atoms with E-state index in [0.29, 0.717) is 19.0 Å². The quantitative estimate of drug-likeness (QED) is 0.744. The van der Waals surface area contributed by atoms with Gasteiger partial charge in [-0.25, -0.2) is 9.97 Å². The van der Waals surface area contributed by atoms with Crippen molar-refractivity contribution < 1.29 is 4.74 Å². The number of hydrogen-bond donors (Lipinski definition) is 2. The van der Waals surface area contributed by atoms with E-state index in [0.717, 1.165) is 30.4 Å². The summed E-state index contributed by atoms with van der Waals surface area (Å²) in [5.74, 6) is 3.12. The highest BCUT2D eigenvalue weighted by molar-refractivity contribution is 5.47. The Kier molecular flexibility index (Phi) is 5.44. The van der Waals surface area contributed by atoms with Crippen molar-refractivity contribution in [2.45, 2.75) is 20.0 Å². The molecule has 0 unspecified atom stereocenters. The van der Waals surface area contributed by atoms with Crippen LogP contribution in [0.15, 0.2) is 12.4 Å². The van der Waals surface area contributed by atoms with Crippen molar-refractivity contribution in [2.75, 3.05) is 30.8 Å². The molecular weight excluding hydrogens is 270 g/mol. The summed E-state index contributed by atoms with van der Waals surface area (Å²) < 4.78 is 7.25. The maximum Gasteiger partial charge on any atom is 0.158 e. The van der Waals surface area contributed by atoms with Crippen LogP contribution in [0.25, 0.3) is 0 Å². The Morgan fingerprint density at radius 3 is 2.76 bits per heavy atom. The van der Waals surface area contributed by atoms with Gasteiger partial charge >= 0.3 is 0 Å². The Hall–Kier alpha value is -2.22. The summed E-state index contributed by atoms with van der Waals surface area (Å²) in [6.07, 6.45) is 2.47. The van der Waals surface area contributed by atoms with Gasteiger partial charge in [0, 0.05) is 39.7 Å². The molecule has 114 valence electrons. The molecule has 21 heavy (non-hydrogen) atoms. The lowest BCUT2D eigenvalue weighted by Gasteiger charge is -2.09. The van der Waals surface area contributed by atoms with E-state index in [1.807, 2.05) is 31.7 Å². The standard InChI is InChI=1S/C13H21N7O/c1-4-21-8-12-17-10(14-2)7-11(18-12)15-6-5-13-19-16-9-20(13)3/h7,9H,4-6,8H2,1-3H3,(H2,14,15,17,18). The molecule has 0 saturated heterocycles. The lowest BCUT2D eigenvalue weighted by atomic mass is 10.4. The Labute approximate surface area is 124 Å². The Morgan fingerprint density at radius 1 is 1.29 bits per heavy atom. The zero-order chi connectivity index (χ0) is 15.1. The average Bonchev–Trinajstić information content (AvgIpc) is 2.90. The molecule has 0 spiro atoms. The smallest absolute Gasteiger partial charge is 0.158 e. The Morgan fingerprint density at radius 2 is 2.10 bits per heavy atom. The van der Waals surface area contributed by atoms with Gasteiger partial charge in [-0.3, -0.25) is 0 Å². The number of aromatic nitrogens is 5. The van der Waals surface area contributed by atoms with Gasteiger partial charge in [0.05, 0.1) is 0 Å². The molecule has 2 aromatic rings. The van der Waals surface area contributed by atoms with Gasteiger partial charge in [-0.1, -0.05) is 0 Å². The summed E-state index contributed by atoms with van der Waals surface area (Å²) >= 11 is 0. The molecule has 0 radical (unpaired) electrons. The van der Waals surface area contributed by atoms with Crippen molar-refractivity contribution >= 4 is 11.6 Å². The maximum atomic E-state index is 5.35. The Bertz CT molecular complexity index is 569. The fourth-order valence-electron chi connectivity index (χ4n) is 1.81. The molecule has 2 heterocycles. The predicted octanol–water partition coefficient (Wildman–Crippen LogP) is 0.838. The highest BCUT2D eigenvalue weighted by atomic mass is 16.5. The number of ether oxygens (including phenoxy) is 1. The monoisotopic (exact) mass is 291 g/mol. The first-order chi connectivity index (χ1) is 10.2. The van der Waals surface area contributed by atoms with Crippen LogP contribution in [0.2, 0.25) is 0 Å². The minimum atomic E-state index is 0.407.